The van der Waals surface area contributed by atoms with Crippen LogP contribution in [0.4, 0.5) is 17.1 Å². The van der Waals surface area contributed by atoms with Gasteiger partial charge in [0.15, 0.2) is 0 Å². The number of nitro benzene ring substituents is 1. The Balaban J connectivity index is 1.97. The molecule has 0 aliphatic heterocycles. The van der Waals surface area contributed by atoms with E-state index < -0.39 is 14.9 Å². The molecule has 0 aliphatic carbocycles. The number of hydrogen-bond acceptors (Lipinski definition) is 7. The Hall–Kier alpha value is -3.92. The third-order valence-corrected chi connectivity index (χ3v) is 6.02. The molecule has 3 aromatic rings. The van der Waals surface area contributed by atoms with Crippen LogP contribution in [0.1, 0.15) is 16.7 Å². The summed E-state index contributed by atoms with van der Waals surface area (Å²) in [5.74, 6) is 0.589. The van der Waals surface area contributed by atoms with Gasteiger partial charge in [-0.05, 0) is 43.7 Å². The number of anilines is 2. The Labute approximate surface area is 185 Å². The quantitative estimate of drug-likeness (QED) is 0.294. The highest BCUT2D eigenvalue weighted by Gasteiger charge is 2.23. The zero-order valence-corrected chi connectivity index (χ0v) is 18.5. The monoisotopic (exact) mass is 454 g/mol. The predicted molar refractivity (Wildman–Crippen MR) is 124 cm³/mol. The third kappa shape index (κ3) is 5.22. The van der Waals surface area contributed by atoms with E-state index in [1.165, 1.54) is 25.5 Å². The molecule has 0 aliphatic rings. The van der Waals surface area contributed by atoms with Gasteiger partial charge in [-0.1, -0.05) is 29.8 Å². The molecule has 166 valence electrons. The smallest absolute Gasteiger partial charge is 0.270 e. The molecule has 0 radical (unpaired) electrons. The normalized spacial score (nSPS) is 11.3. The first-order chi connectivity index (χ1) is 15.2. The van der Waals surface area contributed by atoms with E-state index in [-0.39, 0.29) is 16.3 Å². The average Bonchev–Trinajstić information content (AvgIpc) is 2.76. The number of aryl methyl sites for hydroxylation is 2. The Morgan fingerprint density at radius 2 is 1.75 bits per heavy atom. The lowest BCUT2D eigenvalue weighted by atomic mass is 10.1. The molecule has 3 aromatic carbocycles. The first-order valence-electron chi connectivity index (χ1n) is 9.52. The highest BCUT2D eigenvalue weighted by molar-refractivity contribution is 7.92. The number of non-ortho nitro benzene ring substituents is 1. The molecule has 32 heavy (non-hydrogen) atoms. The zero-order chi connectivity index (χ0) is 23.3. The maximum Gasteiger partial charge on any atom is 0.270 e. The molecule has 0 saturated heterocycles. The molecule has 0 spiro atoms. The maximum atomic E-state index is 13.1. The van der Waals surface area contributed by atoms with Crippen LogP contribution in [0.2, 0.25) is 0 Å². The van der Waals surface area contributed by atoms with E-state index in [9.17, 15) is 18.5 Å². The minimum absolute atomic E-state index is 0.0824. The van der Waals surface area contributed by atoms with Gasteiger partial charge in [0.05, 0.1) is 29.6 Å². The van der Waals surface area contributed by atoms with E-state index in [0.29, 0.717) is 17.0 Å². The highest BCUT2D eigenvalue weighted by Crippen LogP contribution is 2.29. The molecular weight excluding hydrogens is 432 g/mol. The lowest BCUT2D eigenvalue weighted by Gasteiger charge is -2.14. The van der Waals surface area contributed by atoms with Gasteiger partial charge in [0.25, 0.3) is 15.7 Å². The first-order valence-corrected chi connectivity index (χ1v) is 11.0. The number of hydrogen-bond donors (Lipinski definition) is 2. The second-order valence-corrected chi connectivity index (χ2v) is 8.62. The largest absolute Gasteiger partial charge is 0.496 e. The first kappa shape index (κ1) is 22.8. The predicted octanol–water partition coefficient (Wildman–Crippen LogP) is 4.47. The van der Waals surface area contributed by atoms with Crippen LogP contribution in [0.25, 0.3) is 0 Å². The van der Waals surface area contributed by atoms with Crippen molar-refractivity contribution in [2.45, 2.75) is 18.7 Å². The number of sulfonamides is 1. The number of nitrogens with zero attached hydrogens (tertiary/aromatic N) is 2. The minimum atomic E-state index is -4.16. The van der Waals surface area contributed by atoms with Crippen LogP contribution in [0.3, 0.4) is 0 Å². The van der Waals surface area contributed by atoms with Crippen molar-refractivity contribution in [3.05, 3.63) is 87.5 Å². The summed E-state index contributed by atoms with van der Waals surface area (Å²) in [6, 6.07) is 15.9. The van der Waals surface area contributed by atoms with E-state index in [2.05, 4.69) is 15.2 Å². The number of ether oxygens (including phenoxy) is 1. The maximum absolute atomic E-state index is 13.1. The second-order valence-electron chi connectivity index (χ2n) is 6.97. The Bertz CT molecular complexity index is 1290. The van der Waals surface area contributed by atoms with Crippen LogP contribution < -0.4 is 14.9 Å². The van der Waals surface area contributed by atoms with Crippen LogP contribution in [-0.2, 0) is 10.0 Å². The lowest BCUT2D eigenvalue weighted by Crippen LogP contribution is -2.16. The summed E-state index contributed by atoms with van der Waals surface area (Å²) in [7, 11) is -2.63. The standard InChI is InChI=1S/C22H22N4O5S/c1-15-8-10-19(16(2)12-15)25-32(29,30)22-13-18(26(27)28)9-11-20(22)24-23-14-17-6-4-5-7-21(17)31-3/h4-14,24-25H,1-3H3/b23-14-. The van der Waals surface area contributed by atoms with Gasteiger partial charge in [-0.3, -0.25) is 20.3 Å². The van der Waals surface area contributed by atoms with Crippen LogP contribution in [0.15, 0.2) is 70.7 Å². The summed E-state index contributed by atoms with van der Waals surface area (Å²) in [5.41, 5.74) is 5.15. The van der Waals surface area contributed by atoms with Crippen molar-refractivity contribution in [3.8, 4) is 5.75 Å². The van der Waals surface area contributed by atoms with Gasteiger partial charge < -0.3 is 4.74 Å². The molecule has 0 fully saturated rings. The van der Waals surface area contributed by atoms with Crippen LogP contribution in [0.5, 0.6) is 5.75 Å². The number of methoxy groups -OCH3 is 1. The number of hydrazone groups is 1. The molecule has 2 N–H and O–H groups in total. The Kier molecular flexibility index (Phi) is 6.74. The van der Waals surface area contributed by atoms with E-state index in [0.717, 1.165) is 17.2 Å². The van der Waals surface area contributed by atoms with Gasteiger partial charge in [-0.25, -0.2) is 8.42 Å². The van der Waals surface area contributed by atoms with E-state index >= 15 is 0 Å². The van der Waals surface area contributed by atoms with Crippen molar-refractivity contribution in [2.24, 2.45) is 5.10 Å². The zero-order valence-electron chi connectivity index (χ0n) is 17.7. The number of rotatable bonds is 8. The molecule has 0 saturated carbocycles. The van der Waals surface area contributed by atoms with E-state index in [1.54, 1.807) is 37.3 Å². The fraction of sp³-hybridized carbons (Fsp3) is 0.136. The van der Waals surface area contributed by atoms with Crippen molar-refractivity contribution in [3.63, 3.8) is 0 Å². The summed E-state index contributed by atoms with van der Waals surface area (Å²) >= 11 is 0. The topological polar surface area (TPSA) is 123 Å². The number of para-hydroxylation sites is 1. The van der Waals surface area contributed by atoms with Gasteiger partial charge in [0.1, 0.15) is 10.6 Å². The third-order valence-electron chi connectivity index (χ3n) is 4.62. The van der Waals surface area contributed by atoms with Gasteiger partial charge in [0.2, 0.25) is 0 Å². The van der Waals surface area contributed by atoms with Gasteiger partial charge in [0, 0.05) is 17.7 Å². The van der Waals surface area contributed by atoms with Gasteiger partial charge >= 0.3 is 0 Å². The molecule has 0 aromatic heterocycles. The average molecular weight is 455 g/mol. The van der Waals surface area contributed by atoms with Gasteiger partial charge in [-0.15, -0.1) is 0 Å². The van der Waals surface area contributed by atoms with Crippen molar-refractivity contribution >= 4 is 33.3 Å². The summed E-state index contributed by atoms with van der Waals surface area (Å²) in [4.78, 5) is 10.3. The Morgan fingerprint density at radius 1 is 1.03 bits per heavy atom. The molecule has 0 unspecified atom stereocenters. The molecule has 9 nitrogen and oxygen atoms in total. The summed E-state index contributed by atoms with van der Waals surface area (Å²) in [6.45, 7) is 3.67. The second kappa shape index (κ2) is 9.48. The van der Waals surface area contributed by atoms with E-state index in [4.69, 9.17) is 4.74 Å². The number of nitrogens with one attached hydrogen (secondary N) is 2. The summed E-state index contributed by atoms with van der Waals surface area (Å²) in [6.07, 6.45) is 1.47. The van der Waals surface area contributed by atoms with Crippen LogP contribution in [0, 0.1) is 24.0 Å². The minimum Gasteiger partial charge on any atom is -0.496 e. The number of nitro groups is 1. The highest BCUT2D eigenvalue weighted by atomic mass is 32.2. The van der Waals surface area contributed by atoms with Crippen LogP contribution in [-0.4, -0.2) is 26.7 Å². The van der Waals surface area contributed by atoms with E-state index in [1.807, 2.05) is 19.1 Å². The molecule has 0 heterocycles. The fourth-order valence-corrected chi connectivity index (χ4v) is 4.32. The molecular formula is C22H22N4O5S. The van der Waals surface area contributed by atoms with Gasteiger partial charge in [-0.2, -0.15) is 5.10 Å². The molecule has 3 rings (SSSR count). The molecule has 0 atom stereocenters. The van der Waals surface area contributed by atoms with Crippen LogP contribution >= 0.6 is 0 Å². The summed E-state index contributed by atoms with van der Waals surface area (Å²) < 4.78 is 34.0. The van der Waals surface area contributed by atoms with Crippen molar-refractivity contribution < 1.29 is 18.1 Å². The molecule has 0 amide bonds. The molecule has 0 bridgehead atoms. The summed E-state index contributed by atoms with van der Waals surface area (Å²) in [5, 5.41) is 15.3. The van der Waals surface area contributed by atoms with Crippen molar-refractivity contribution in [1.82, 2.24) is 0 Å². The Morgan fingerprint density at radius 3 is 2.44 bits per heavy atom. The van der Waals surface area contributed by atoms with Crippen molar-refractivity contribution in [2.75, 3.05) is 17.3 Å². The SMILES string of the molecule is COc1ccccc1/C=N\Nc1ccc([N+](=O)[O-])cc1S(=O)(=O)Nc1ccc(C)cc1C. The lowest BCUT2D eigenvalue weighted by molar-refractivity contribution is -0.385. The fourth-order valence-electron chi connectivity index (χ4n) is 3.01. The number of benzene rings is 3. The van der Waals surface area contributed by atoms with Crippen molar-refractivity contribution in [1.29, 1.82) is 0 Å². The molecule has 10 heteroatoms.